The molecule has 0 aromatic rings. The van der Waals surface area contributed by atoms with Crippen molar-refractivity contribution in [2.45, 2.75) is 96.7 Å². The third kappa shape index (κ3) is 6.13. The summed E-state index contributed by atoms with van der Waals surface area (Å²) in [6.45, 7) is 1.53. The molecular weight excluding hydrogens is 899 g/mol. The lowest BCUT2D eigenvalue weighted by molar-refractivity contribution is -0.532. The Labute approximate surface area is 276 Å². The van der Waals surface area contributed by atoms with E-state index in [1.807, 2.05) is 6.58 Å². The number of rotatable bonds is 13. The van der Waals surface area contributed by atoms with Gasteiger partial charge >= 0.3 is 101 Å². The lowest BCUT2D eigenvalue weighted by atomic mass is 9.71. The highest BCUT2D eigenvalue weighted by atomic mass is 19.5. The zero-order chi connectivity index (χ0) is 45.9. The van der Waals surface area contributed by atoms with Gasteiger partial charge in [-0.05, 0) is 6.92 Å². The Hall–Kier alpha value is -3.10. The van der Waals surface area contributed by atoms with Crippen LogP contribution in [0.3, 0.4) is 0 Å². The zero-order valence-electron chi connectivity index (χ0n) is 24.0. The van der Waals surface area contributed by atoms with Gasteiger partial charge in [-0.3, -0.25) is 0 Å². The number of halogens is 33. The van der Waals surface area contributed by atoms with Gasteiger partial charge in [-0.1, -0.05) is 6.58 Å². The van der Waals surface area contributed by atoms with E-state index < -0.39 is 114 Å². The van der Waals surface area contributed by atoms with Crippen LogP contribution in [0.15, 0.2) is 12.2 Å². The van der Waals surface area contributed by atoms with E-state index >= 15 is 4.39 Å². The summed E-state index contributed by atoms with van der Waals surface area (Å²) in [5.41, 5.74) is -12.2. The molecule has 55 heavy (non-hydrogen) atoms. The molecule has 0 saturated carbocycles. The third-order valence-corrected chi connectivity index (χ3v) is 6.65. The number of carbonyl (C=O) groups is 1. The van der Waals surface area contributed by atoms with E-state index in [4.69, 9.17) is 0 Å². The smallest absolute Gasteiger partial charge is 0.417 e. The Morgan fingerprint density at radius 2 is 0.509 bits per heavy atom. The van der Waals surface area contributed by atoms with Gasteiger partial charge in [-0.25, -0.2) is 4.79 Å². The monoisotopic (exact) mass is 904 g/mol. The molecule has 0 aromatic carbocycles. The van der Waals surface area contributed by atoms with E-state index in [9.17, 15) is 145 Å². The first-order valence-electron chi connectivity index (χ1n) is 11.7. The Morgan fingerprint density at radius 1 is 0.327 bits per heavy atom. The fraction of sp³-hybridized carbons (Fsp3) is 0.850. The third-order valence-electron chi connectivity index (χ3n) is 6.65. The fourth-order valence-electron chi connectivity index (χ4n) is 3.58. The average Bonchev–Trinajstić information content (AvgIpc) is 2.88. The minimum absolute atomic E-state index is 0.398. The van der Waals surface area contributed by atoms with E-state index in [-0.39, 0.29) is 0 Å². The van der Waals surface area contributed by atoms with Crippen molar-refractivity contribution in [2.75, 3.05) is 0 Å². The Balaban J connectivity index is 8.51. The summed E-state index contributed by atoms with van der Waals surface area (Å²) in [6, 6.07) is 0. The largest absolute Gasteiger partial charge is 0.460 e. The van der Waals surface area contributed by atoms with E-state index in [1.54, 1.807) is 4.74 Å². The minimum atomic E-state index is -10.4. The second-order valence-corrected chi connectivity index (χ2v) is 10.3. The van der Waals surface area contributed by atoms with Crippen molar-refractivity contribution < 1.29 is 154 Å². The van der Waals surface area contributed by atoms with Crippen molar-refractivity contribution in [1.29, 1.82) is 0 Å². The molecule has 0 aliphatic rings. The number of ether oxygens (including phenoxy) is 1. The number of carbonyl (C=O) groups excluding carboxylic acids is 1. The van der Waals surface area contributed by atoms with E-state index in [0.717, 1.165) is 0 Å². The van der Waals surface area contributed by atoms with Crippen LogP contribution in [0.2, 0.25) is 0 Å². The molecule has 35 heteroatoms. The molecule has 0 aliphatic heterocycles. The van der Waals surface area contributed by atoms with E-state index in [0.29, 0.717) is 0 Å². The Kier molecular flexibility index (Phi) is 12.0. The first-order chi connectivity index (χ1) is 23.1. The maximum Gasteiger partial charge on any atom is 0.460 e. The van der Waals surface area contributed by atoms with Crippen molar-refractivity contribution in [2.24, 2.45) is 5.41 Å². The predicted molar refractivity (Wildman–Crippen MR) is 101 cm³/mol. The number of hydrogen-bond acceptors (Lipinski definition) is 2. The quantitative estimate of drug-likeness (QED) is 0.105. The van der Waals surface area contributed by atoms with Crippen LogP contribution in [0.1, 0.15) is 6.92 Å². The van der Waals surface area contributed by atoms with Crippen molar-refractivity contribution in [1.82, 2.24) is 0 Å². The van der Waals surface area contributed by atoms with Crippen LogP contribution >= 0.6 is 0 Å². The average molecular weight is 904 g/mol. The highest BCUT2D eigenvalue weighted by Gasteiger charge is 3.05. The highest BCUT2D eigenvalue weighted by molar-refractivity contribution is 5.87. The maximum absolute atomic E-state index is 15.4. The Bertz CT molecular complexity index is 1410. The van der Waals surface area contributed by atoms with Gasteiger partial charge in [0, 0.05) is 5.57 Å². The van der Waals surface area contributed by atoms with Crippen LogP contribution < -0.4 is 0 Å². The molecule has 2 nitrogen and oxygen atoms in total. The van der Waals surface area contributed by atoms with Gasteiger partial charge in [-0.2, -0.15) is 145 Å². The lowest BCUT2D eigenvalue weighted by Crippen LogP contribution is -2.82. The SMILES string of the molecule is C=C(C)C(=O)OC(F)(C(F)(F)C(F)(F)C(F)(F)C(F)(F)C(F)(F)C(F)(F)C(F)(F)C(F)(F)C(F)(F)C(F)(F)C(F)(F)F)C(C(F)(F)F)(C(F)(F)F)C(F)(F)F. The van der Waals surface area contributed by atoms with Crippen LogP contribution in [0.5, 0.6) is 0 Å². The van der Waals surface area contributed by atoms with Gasteiger partial charge in [-0.15, -0.1) is 0 Å². The summed E-state index contributed by atoms with van der Waals surface area (Å²) in [5.74, 6) is -114. The molecule has 0 bridgehead atoms. The van der Waals surface area contributed by atoms with Crippen LogP contribution in [-0.4, -0.2) is 95.8 Å². The summed E-state index contributed by atoms with van der Waals surface area (Å²) >= 11 is 0. The predicted octanol–water partition coefficient (Wildman–Crippen LogP) is 11.4. The molecule has 1 unspecified atom stereocenters. The molecule has 0 amide bonds. The van der Waals surface area contributed by atoms with Crippen LogP contribution in [0, 0.1) is 5.41 Å². The molecule has 0 fully saturated rings. The van der Waals surface area contributed by atoms with Gasteiger partial charge in [0.25, 0.3) is 0 Å². The molecule has 0 radical (unpaired) electrons. The van der Waals surface area contributed by atoms with Crippen molar-refractivity contribution in [3.8, 4) is 0 Å². The maximum atomic E-state index is 15.4. The molecule has 0 rings (SSSR count). The molecule has 0 N–H and O–H groups in total. The summed E-state index contributed by atoms with van der Waals surface area (Å²) < 4.78 is 452. The summed E-state index contributed by atoms with van der Waals surface area (Å²) in [4.78, 5) is 11.4. The molecule has 0 aromatic heterocycles. The van der Waals surface area contributed by atoms with Crippen molar-refractivity contribution >= 4 is 5.97 Å². The fourth-order valence-corrected chi connectivity index (χ4v) is 3.58. The second-order valence-electron chi connectivity index (χ2n) is 10.3. The number of alkyl halides is 33. The number of esters is 1. The van der Waals surface area contributed by atoms with Gasteiger partial charge in [0.15, 0.2) is 0 Å². The molecule has 0 aliphatic carbocycles. The van der Waals surface area contributed by atoms with Gasteiger partial charge < -0.3 is 4.74 Å². The van der Waals surface area contributed by atoms with Gasteiger partial charge in [0.2, 0.25) is 0 Å². The van der Waals surface area contributed by atoms with Crippen molar-refractivity contribution in [3.63, 3.8) is 0 Å². The summed E-state index contributed by atoms with van der Waals surface area (Å²) in [7, 11) is 0. The lowest BCUT2D eigenvalue weighted by Gasteiger charge is -2.51. The molecule has 0 spiro atoms. The normalized spacial score (nSPS) is 17.6. The van der Waals surface area contributed by atoms with Crippen molar-refractivity contribution in [3.05, 3.63) is 12.2 Å². The summed E-state index contributed by atoms with van der Waals surface area (Å²) in [5, 5.41) is 0. The second kappa shape index (κ2) is 12.7. The molecular formula is C20H5F33O2. The van der Waals surface area contributed by atoms with Crippen LogP contribution in [-0.2, 0) is 9.53 Å². The summed E-state index contributed by atoms with van der Waals surface area (Å²) in [6.07, 6.45) is -36.3. The topological polar surface area (TPSA) is 26.3 Å². The van der Waals surface area contributed by atoms with Gasteiger partial charge in [0.05, 0.1) is 0 Å². The van der Waals surface area contributed by atoms with Crippen LogP contribution in [0.25, 0.3) is 0 Å². The zero-order valence-corrected chi connectivity index (χ0v) is 24.0. The first kappa shape index (κ1) is 51.9. The first-order valence-corrected chi connectivity index (χ1v) is 11.7. The molecule has 0 saturated heterocycles. The van der Waals surface area contributed by atoms with Crippen LogP contribution in [0.4, 0.5) is 145 Å². The Morgan fingerprint density at radius 3 is 0.673 bits per heavy atom. The highest BCUT2D eigenvalue weighted by Crippen LogP contribution is 2.73. The molecule has 1 atom stereocenters. The van der Waals surface area contributed by atoms with Gasteiger partial charge in [0.1, 0.15) is 0 Å². The molecule has 328 valence electrons. The standard InChI is InChI=1S/C20H5F33O2/c1-3(2)4(54)55-16(41,5(17(42,43)44,18(45,46)47)19(48,49)50)14(37,38)12(33,34)10(29,30)8(25,26)6(21,22)7(23,24)9(27,28)11(31,32)13(35,36)15(39,40)20(51,52)53/h1H2,2H3. The van der Waals surface area contributed by atoms with E-state index in [2.05, 4.69) is 0 Å². The minimum Gasteiger partial charge on any atom is -0.417 e. The number of hydrogen-bond donors (Lipinski definition) is 0. The van der Waals surface area contributed by atoms with E-state index in [1.165, 1.54) is 0 Å². The molecule has 0 heterocycles.